The molecule has 1 unspecified atom stereocenters. The summed E-state index contributed by atoms with van der Waals surface area (Å²) in [4.78, 5) is 39.5. The van der Waals surface area contributed by atoms with Crippen molar-refractivity contribution in [2.24, 2.45) is 0 Å². The van der Waals surface area contributed by atoms with Crippen LogP contribution in [0.1, 0.15) is 31.1 Å². The number of pyridine rings is 1. The van der Waals surface area contributed by atoms with Gasteiger partial charge in [0.15, 0.2) is 0 Å². The van der Waals surface area contributed by atoms with Gasteiger partial charge < -0.3 is 30.8 Å². The lowest BCUT2D eigenvalue weighted by atomic mass is 10.1. The number of aromatic nitrogens is 1. The lowest BCUT2D eigenvalue weighted by Gasteiger charge is -2.22. The molecule has 0 bridgehead atoms. The smallest absolute Gasteiger partial charge is 0.408 e. The minimum atomic E-state index is -0.887. The molecular weight excluding hydrogens is 405 g/mol. The summed E-state index contributed by atoms with van der Waals surface area (Å²) in [6, 6.07) is 5.27. The summed E-state index contributed by atoms with van der Waals surface area (Å²) in [6.45, 7) is 5.16. The second kappa shape index (κ2) is 10.4. The van der Waals surface area contributed by atoms with E-state index in [9.17, 15) is 18.8 Å². The van der Waals surface area contributed by atoms with E-state index in [4.69, 9.17) is 4.74 Å². The number of nitrogens with zero attached hydrogens (tertiary/aromatic N) is 1. The first kappa shape index (κ1) is 23.6. The Balaban J connectivity index is 2.23. The number of rotatable bonds is 8. The molecule has 1 aromatic carbocycles. The normalized spacial score (nSPS) is 11.8. The summed E-state index contributed by atoms with van der Waals surface area (Å²) < 4.78 is 18.7. The zero-order chi connectivity index (χ0) is 23.0. The van der Waals surface area contributed by atoms with Gasteiger partial charge in [0, 0.05) is 19.7 Å². The van der Waals surface area contributed by atoms with Crippen LogP contribution in [0, 0.1) is 5.82 Å². The van der Waals surface area contributed by atoms with E-state index in [-0.39, 0.29) is 12.5 Å². The van der Waals surface area contributed by atoms with E-state index in [0.717, 1.165) is 6.20 Å². The molecule has 2 rings (SSSR count). The molecular formula is C21H26FN5O4. The lowest BCUT2D eigenvalue weighted by Crippen LogP contribution is -2.43. The van der Waals surface area contributed by atoms with Crippen molar-refractivity contribution in [1.82, 2.24) is 15.6 Å². The van der Waals surface area contributed by atoms with Crippen molar-refractivity contribution in [2.45, 2.75) is 32.4 Å². The maximum absolute atomic E-state index is 13.5. The predicted molar refractivity (Wildman–Crippen MR) is 115 cm³/mol. The molecule has 9 nitrogen and oxygen atoms in total. The predicted octanol–water partition coefficient (Wildman–Crippen LogP) is 2.83. The molecule has 0 spiro atoms. The molecule has 1 heterocycles. The third-order valence-corrected chi connectivity index (χ3v) is 3.89. The summed E-state index contributed by atoms with van der Waals surface area (Å²) in [6.07, 6.45) is 2.32. The Morgan fingerprint density at radius 2 is 2.00 bits per heavy atom. The molecule has 2 aromatic rings. The number of nitrogens with one attached hydrogen (secondary N) is 4. The number of para-hydroxylation sites is 1. The van der Waals surface area contributed by atoms with Crippen LogP contribution < -0.4 is 21.3 Å². The number of benzene rings is 1. The summed E-state index contributed by atoms with van der Waals surface area (Å²) in [7, 11) is 1.49. The second-order valence-corrected chi connectivity index (χ2v) is 7.59. The largest absolute Gasteiger partial charge is 0.444 e. The molecule has 0 aliphatic rings. The number of ether oxygens (including phenoxy) is 1. The van der Waals surface area contributed by atoms with Crippen LogP contribution in [0.2, 0.25) is 0 Å². The average Bonchev–Trinajstić information content (AvgIpc) is 2.69. The van der Waals surface area contributed by atoms with Gasteiger partial charge in [0.25, 0.3) is 5.91 Å². The summed E-state index contributed by atoms with van der Waals surface area (Å²) >= 11 is 0. The van der Waals surface area contributed by atoms with E-state index in [1.165, 1.54) is 19.3 Å². The molecule has 1 atom stereocenters. The number of aldehydes is 1. The quantitative estimate of drug-likeness (QED) is 0.474. The number of carbonyl (C=O) groups is 3. The van der Waals surface area contributed by atoms with Crippen LogP contribution in [0.15, 0.2) is 36.7 Å². The minimum Gasteiger partial charge on any atom is -0.444 e. The van der Waals surface area contributed by atoms with E-state index >= 15 is 0 Å². The minimum absolute atomic E-state index is 0.0238. The maximum Gasteiger partial charge on any atom is 0.408 e. The SMILES string of the molecule is CNC(=O)c1cccc(NCC(C=O)NC(=O)OC(C)(C)C)c1Nc1cncc(F)c1. The van der Waals surface area contributed by atoms with Crippen LogP contribution in [0.5, 0.6) is 0 Å². The van der Waals surface area contributed by atoms with Crippen molar-refractivity contribution >= 4 is 35.3 Å². The Morgan fingerprint density at radius 1 is 1.26 bits per heavy atom. The van der Waals surface area contributed by atoms with Gasteiger partial charge in [0.1, 0.15) is 23.7 Å². The molecule has 0 radical (unpaired) electrons. The average molecular weight is 431 g/mol. The van der Waals surface area contributed by atoms with Crippen LogP contribution in [0.3, 0.4) is 0 Å². The van der Waals surface area contributed by atoms with Gasteiger partial charge in [0.2, 0.25) is 0 Å². The van der Waals surface area contributed by atoms with E-state index in [0.29, 0.717) is 28.9 Å². The third-order valence-electron chi connectivity index (χ3n) is 3.89. The van der Waals surface area contributed by atoms with Gasteiger partial charge in [-0.25, -0.2) is 9.18 Å². The standard InChI is InChI=1S/C21H26FN5O4/c1-21(2,3)31-20(30)27-15(12-28)11-25-17-7-5-6-16(19(29)23-4)18(17)26-14-8-13(22)9-24-10-14/h5-10,12,15,25-26H,11H2,1-4H3,(H,23,29)(H,27,30). The molecule has 31 heavy (non-hydrogen) atoms. The summed E-state index contributed by atoms with van der Waals surface area (Å²) in [5.41, 5.74) is 0.736. The van der Waals surface area contributed by atoms with Gasteiger partial charge >= 0.3 is 6.09 Å². The Morgan fingerprint density at radius 3 is 2.61 bits per heavy atom. The van der Waals surface area contributed by atoms with Gasteiger partial charge in [-0.2, -0.15) is 0 Å². The first-order valence-electron chi connectivity index (χ1n) is 9.54. The first-order valence-corrected chi connectivity index (χ1v) is 9.54. The number of amides is 2. The van der Waals surface area contributed by atoms with E-state index < -0.39 is 23.6 Å². The molecule has 0 aliphatic heterocycles. The van der Waals surface area contributed by atoms with E-state index in [1.54, 1.807) is 39.0 Å². The summed E-state index contributed by atoms with van der Waals surface area (Å²) in [5, 5.41) is 11.0. The summed E-state index contributed by atoms with van der Waals surface area (Å²) in [5.74, 6) is -0.908. The highest BCUT2D eigenvalue weighted by molar-refractivity contribution is 6.03. The molecule has 1 aromatic heterocycles. The van der Waals surface area contributed by atoms with Crippen molar-refractivity contribution in [2.75, 3.05) is 24.2 Å². The van der Waals surface area contributed by atoms with Gasteiger partial charge in [-0.1, -0.05) is 6.07 Å². The van der Waals surface area contributed by atoms with Gasteiger partial charge in [0.05, 0.1) is 35.0 Å². The first-order chi connectivity index (χ1) is 14.6. The maximum atomic E-state index is 13.5. The number of carbonyl (C=O) groups excluding carboxylic acids is 3. The van der Waals surface area contributed by atoms with Gasteiger partial charge in [-0.15, -0.1) is 0 Å². The van der Waals surface area contributed by atoms with Crippen LogP contribution >= 0.6 is 0 Å². The van der Waals surface area contributed by atoms with Crippen LogP contribution in [-0.4, -0.2) is 48.5 Å². The Labute approximate surface area is 179 Å². The zero-order valence-electron chi connectivity index (χ0n) is 17.8. The monoisotopic (exact) mass is 431 g/mol. The highest BCUT2D eigenvalue weighted by Gasteiger charge is 2.20. The Kier molecular flexibility index (Phi) is 7.89. The third kappa shape index (κ3) is 7.25. The lowest BCUT2D eigenvalue weighted by molar-refractivity contribution is -0.109. The zero-order valence-corrected chi connectivity index (χ0v) is 17.8. The number of hydrogen-bond acceptors (Lipinski definition) is 7. The van der Waals surface area contributed by atoms with Crippen molar-refractivity contribution in [1.29, 1.82) is 0 Å². The molecule has 10 heteroatoms. The molecule has 0 saturated heterocycles. The second-order valence-electron chi connectivity index (χ2n) is 7.59. The molecule has 4 N–H and O–H groups in total. The number of anilines is 3. The topological polar surface area (TPSA) is 121 Å². The molecule has 0 saturated carbocycles. The fourth-order valence-corrected chi connectivity index (χ4v) is 2.59. The van der Waals surface area contributed by atoms with Gasteiger partial charge in [-0.05, 0) is 32.9 Å². The molecule has 0 aliphatic carbocycles. The Hall–Kier alpha value is -3.69. The molecule has 0 fully saturated rings. The number of alkyl carbamates (subject to hydrolysis) is 1. The molecule has 166 valence electrons. The highest BCUT2D eigenvalue weighted by atomic mass is 19.1. The van der Waals surface area contributed by atoms with E-state index in [1.807, 2.05) is 0 Å². The van der Waals surface area contributed by atoms with Crippen molar-refractivity contribution in [3.05, 3.63) is 48.0 Å². The van der Waals surface area contributed by atoms with Crippen LogP contribution in [0.4, 0.5) is 26.2 Å². The van der Waals surface area contributed by atoms with Crippen molar-refractivity contribution < 1.29 is 23.5 Å². The number of halogens is 1. The van der Waals surface area contributed by atoms with Crippen molar-refractivity contribution in [3.8, 4) is 0 Å². The van der Waals surface area contributed by atoms with Crippen LogP contribution in [-0.2, 0) is 9.53 Å². The Bertz CT molecular complexity index is 946. The van der Waals surface area contributed by atoms with Crippen LogP contribution in [0.25, 0.3) is 0 Å². The van der Waals surface area contributed by atoms with E-state index in [2.05, 4.69) is 26.3 Å². The molecule has 2 amide bonds. The fraction of sp³-hybridized carbons (Fsp3) is 0.333. The fourth-order valence-electron chi connectivity index (χ4n) is 2.59. The highest BCUT2D eigenvalue weighted by Crippen LogP contribution is 2.29. The van der Waals surface area contributed by atoms with Crippen molar-refractivity contribution in [3.63, 3.8) is 0 Å². The van der Waals surface area contributed by atoms with Gasteiger partial charge in [-0.3, -0.25) is 9.78 Å². The number of hydrogen-bond donors (Lipinski definition) is 4.